The van der Waals surface area contributed by atoms with E-state index in [1.165, 1.54) is 0 Å². The molecule has 0 aliphatic carbocycles. The van der Waals surface area contributed by atoms with Crippen LogP contribution >= 0.6 is 0 Å². The lowest BCUT2D eigenvalue weighted by atomic mass is 9.90. The summed E-state index contributed by atoms with van der Waals surface area (Å²) in [4.78, 5) is 13.0. The van der Waals surface area contributed by atoms with Gasteiger partial charge in [-0.15, -0.1) is 0 Å². The Bertz CT molecular complexity index is 736. The smallest absolute Gasteiger partial charge is 0.343 e. The molecule has 1 heterocycles. The van der Waals surface area contributed by atoms with Gasteiger partial charge in [0.1, 0.15) is 6.10 Å². The van der Waals surface area contributed by atoms with Crippen LogP contribution in [-0.2, 0) is 24.6 Å². The summed E-state index contributed by atoms with van der Waals surface area (Å²) in [5.74, 6) is -0.340. The second-order valence-electron chi connectivity index (χ2n) is 6.72. The van der Waals surface area contributed by atoms with Crippen molar-refractivity contribution in [2.75, 3.05) is 13.7 Å². The van der Waals surface area contributed by atoms with Crippen molar-refractivity contribution in [1.82, 2.24) is 0 Å². The molecule has 3 unspecified atom stereocenters. The minimum Gasteiger partial charge on any atom is -0.460 e. The Morgan fingerprint density at radius 1 is 1.24 bits per heavy atom. The van der Waals surface area contributed by atoms with Gasteiger partial charge in [0.05, 0.1) is 12.7 Å². The molecule has 1 saturated heterocycles. The highest BCUT2D eigenvalue weighted by Crippen LogP contribution is 2.33. The molecule has 0 aromatic heterocycles. The fraction of sp³-hybridized carbons (Fsp3) is 0.476. The van der Waals surface area contributed by atoms with E-state index in [1.807, 2.05) is 42.5 Å². The van der Waals surface area contributed by atoms with Gasteiger partial charge in [0, 0.05) is 25.5 Å². The van der Waals surface area contributed by atoms with Gasteiger partial charge < -0.3 is 14.2 Å². The number of ether oxygens (including phenoxy) is 3. The van der Waals surface area contributed by atoms with Gasteiger partial charge in [-0.25, -0.2) is 4.79 Å². The Hall–Kier alpha value is -1.91. The first-order valence-electron chi connectivity index (χ1n) is 8.94. The lowest BCUT2D eigenvalue weighted by Crippen LogP contribution is -2.41. The molecule has 0 N–H and O–H groups in total. The second kappa shape index (κ2) is 7.54. The van der Waals surface area contributed by atoms with E-state index in [2.05, 4.69) is 6.92 Å². The van der Waals surface area contributed by atoms with Crippen molar-refractivity contribution in [1.29, 1.82) is 0 Å². The zero-order chi connectivity index (χ0) is 17.9. The summed E-state index contributed by atoms with van der Waals surface area (Å²) >= 11 is 0. The van der Waals surface area contributed by atoms with Crippen molar-refractivity contribution >= 4 is 16.7 Å². The van der Waals surface area contributed by atoms with E-state index in [-0.39, 0.29) is 18.2 Å². The van der Waals surface area contributed by atoms with Crippen LogP contribution in [0.5, 0.6) is 0 Å². The molecule has 4 nitrogen and oxygen atoms in total. The molecule has 0 bridgehead atoms. The normalized spacial score (nSPS) is 23.2. The Morgan fingerprint density at radius 2 is 2.00 bits per heavy atom. The maximum absolute atomic E-state index is 13.0. The summed E-state index contributed by atoms with van der Waals surface area (Å²) in [7, 11) is 1.56. The highest BCUT2D eigenvalue weighted by molar-refractivity contribution is 5.92. The topological polar surface area (TPSA) is 44.8 Å². The molecular formula is C21H26O4. The van der Waals surface area contributed by atoms with Crippen molar-refractivity contribution < 1.29 is 19.0 Å². The number of fused-ring (bicyclic) bond motifs is 1. The van der Waals surface area contributed by atoms with E-state index in [0.717, 1.165) is 35.6 Å². The van der Waals surface area contributed by atoms with Crippen molar-refractivity contribution in [3.8, 4) is 0 Å². The Kier molecular flexibility index (Phi) is 5.40. The zero-order valence-electron chi connectivity index (χ0n) is 15.2. The molecule has 0 spiro atoms. The fourth-order valence-corrected chi connectivity index (χ4v) is 3.45. The van der Waals surface area contributed by atoms with Gasteiger partial charge in [0.25, 0.3) is 0 Å². The maximum Gasteiger partial charge on any atom is 0.343 e. The van der Waals surface area contributed by atoms with E-state index in [0.29, 0.717) is 6.61 Å². The average molecular weight is 342 g/mol. The van der Waals surface area contributed by atoms with Crippen molar-refractivity contribution in [2.45, 2.75) is 50.9 Å². The van der Waals surface area contributed by atoms with Gasteiger partial charge in [-0.05, 0) is 24.1 Å². The number of esters is 1. The minimum absolute atomic E-state index is 0.115. The first-order valence-corrected chi connectivity index (χ1v) is 8.94. The standard InChI is InChI=1S/C21H26O4/c1-4-16-14-17(12-13-24-16)25-20(22)21(2,23-3)19-11-7-9-15-8-5-6-10-18(15)19/h5-11,16-17H,4,12-14H2,1-3H3. The summed E-state index contributed by atoms with van der Waals surface area (Å²) in [6, 6.07) is 13.9. The molecule has 1 fully saturated rings. The van der Waals surface area contributed by atoms with E-state index >= 15 is 0 Å². The Morgan fingerprint density at radius 3 is 2.76 bits per heavy atom. The Labute approximate surface area is 149 Å². The Balaban J connectivity index is 1.87. The summed E-state index contributed by atoms with van der Waals surface area (Å²) in [6.45, 7) is 4.51. The van der Waals surface area contributed by atoms with E-state index in [1.54, 1.807) is 14.0 Å². The van der Waals surface area contributed by atoms with Gasteiger partial charge in [-0.1, -0.05) is 49.4 Å². The molecule has 0 saturated carbocycles. The fourth-order valence-electron chi connectivity index (χ4n) is 3.45. The summed E-state index contributed by atoms with van der Waals surface area (Å²) in [5, 5.41) is 2.08. The number of rotatable bonds is 5. The van der Waals surface area contributed by atoms with E-state index in [4.69, 9.17) is 14.2 Å². The summed E-state index contributed by atoms with van der Waals surface area (Å²) in [6.07, 6.45) is 2.46. The predicted octanol–water partition coefficient (Wildman–Crippen LogP) is 4.20. The third kappa shape index (κ3) is 3.55. The highest BCUT2D eigenvalue weighted by atomic mass is 16.6. The minimum atomic E-state index is -1.14. The van der Waals surface area contributed by atoms with E-state index in [9.17, 15) is 4.79 Å². The molecule has 2 aromatic carbocycles. The van der Waals surface area contributed by atoms with Crippen LogP contribution in [0, 0.1) is 0 Å². The summed E-state index contributed by atoms with van der Waals surface area (Å²) < 4.78 is 17.2. The number of carbonyl (C=O) groups is 1. The largest absolute Gasteiger partial charge is 0.460 e. The average Bonchev–Trinajstić information content (AvgIpc) is 2.67. The number of benzene rings is 2. The van der Waals surface area contributed by atoms with E-state index < -0.39 is 5.60 Å². The van der Waals surface area contributed by atoms with Crippen LogP contribution in [-0.4, -0.2) is 31.9 Å². The SMILES string of the molecule is CCC1CC(OC(=O)C(C)(OC)c2cccc3ccccc23)CCO1. The molecule has 1 aliphatic heterocycles. The number of hydrogen-bond acceptors (Lipinski definition) is 4. The maximum atomic E-state index is 13.0. The molecule has 1 aliphatic rings. The molecule has 4 heteroatoms. The number of methoxy groups -OCH3 is 1. The third-order valence-corrected chi connectivity index (χ3v) is 5.15. The van der Waals surface area contributed by atoms with Crippen LogP contribution in [0.3, 0.4) is 0 Å². The molecule has 134 valence electrons. The van der Waals surface area contributed by atoms with Crippen LogP contribution in [0.15, 0.2) is 42.5 Å². The summed E-state index contributed by atoms with van der Waals surface area (Å²) in [5.41, 5.74) is -0.307. The molecule has 0 radical (unpaired) electrons. The molecule has 3 atom stereocenters. The zero-order valence-corrected chi connectivity index (χ0v) is 15.2. The first-order chi connectivity index (χ1) is 12.1. The van der Waals surface area contributed by atoms with Gasteiger partial charge in [-0.2, -0.15) is 0 Å². The van der Waals surface area contributed by atoms with Crippen LogP contribution in [0.2, 0.25) is 0 Å². The molecule has 0 amide bonds. The lowest BCUT2D eigenvalue weighted by Gasteiger charge is -2.33. The predicted molar refractivity (Wildman–Crippen MR) is 97.5 cm³/mol. The van der Waals surface area contributed by atoms with Crippen molar-refractivity contribution in [3.63, 3.8) is 0 Å². The second-order valence-corrected chi connectivity index (χ2v) is 6.72. The van der Waals surface area contributed by atoms with Gasteiger partial charge in [0.15, 0.2) is 5.60 Å². The quantitative estimate of drug-likeness (QED) is 0.764. The van der Waals surface area contributed by atoms with Crippen LogP contribution < -0.4 is 0 Å². The highest BCUT2D eigenvalue weighted by Gasteiger charge is 2.40. The van der Waals surface area contributed by atoms with Crippen LogP contribution in [0.25, 0.3) is 10.8 Å². The molecular weight excluding hydrogens is 316 g/mol. The molecule has 25 heavy (non-hydrogen) atoms. The molecule has 3 rings (SSSR count). The molecule has 2 aromatic rings. The van der Waals surface area contributed by atoms with Gasteiger partial charge in [-0.3, -0.25) is 0 Å². The lowest BCUT2D eigenvalue weighted by molar-refractivity contribution is -0.180. The monoisotopic (exact) mass is 342 g/mol. The van der Waals surface area contributed by atoms with Crippen molar-refractivity contribution in [3.05, 3.63) is 48.0 Å². The van der Waals surface area contributed by atoms with Crippen LogP contribution in [0.4, 0.5) is 0 Å². The van der Waals surface area contributed by atoms with Gasteiger partial charge >= 0.3 is 5.97 Å². The first kappa shape index (κ1) is 17.9. The third-order valence-electron chi connectivity index (χ3n) is 5.15. The number of carbonyl (C=O) groups excluding carboxylic acids is 1. The van der Waals surface area contributed by atoms with Crippen molar-refractivity contribution in [2.24, 2.45) is 0 Å². The van der Waals surface area contributed by atoms with Gasteiger partial charge in [0.2, 0.25) is 0 Å². The number of hydrogen-bond donors (Lipinski definition) is 0. The van der Waals surface area contributed by atoms with Crippen LogP contribution in [0.1, 0.15) is 38.7 Å².